The van der Waals surface area contributed by atoms with Gasteiger partial charge in [0.2, 0.25) is 0 Å². The molecular weight excluding hydrogens is 300 g/mol. The monoisotopic (exact) mass is 322 g/mol. The molecule has 1 aliphatic rings. The van der Waals surface area contributed by atoms with Crippen LogP contribution in [0.2, 0.25) is 0 Å². The van der Waals surface area contributed by atoms with Crippen molar-refractivity contribution in [1.29, 1.82) is 0 Å². The van der Waals surface area contributed by atoms with E-state index in [9.17, 15) is 0 Å². The number of H-pyrrole nitrogens is 1. The maximum Gasteiger partial charge on any atom is 0.100 e. The average Bonchev–Trinajstić information content (AvgIpc) is 2.97. The number of rotatable bonds is 2. The molecule has 24 heavy (non-hydrogen) atoms. The lowest BCUT2D eigenvalue weighted by Gasteiger charge is -2.37. The van der Waals surface area contributed by atoms with Crippen LogP contribution in [0.4, 0.5) is 11.4 Å². The molecule has 0 spiro atoms. The third kappa shape index (κ3) is 2.71. The first-order chi connectivity index (χ1) is 11.6. The topological polar surface area (TPSA) is 67.2 Å². The number of nitrogen functional groups attached to an aromatic ring is 1. The predicted octanol–water partition coefficient (Wildman–Crippen LogP) is 3.43. The van der Waals surface area contributed by atoms with Gasteiger partial charge in [-0.05, 0) is 44.2 Å². The van der Waals surface area contributed by atoms with Crippen LogP contribution in [0.25, 0.3) is 22.2 Å². The standard InChI is InChI=1S/C19H22N4O/c1-12-10-23(11-13(2)24-12)16-5-3-4-14(8-16)19-17-9-15(20)6-7-18(17)21-22-19/h3-9,12-13H,10-11,20H2,1-2H3,(H,21,22)/t12-,13+. The van der Waals surface area contributed by atoms with Crippen LogP contribution in [0.3, 0.4) is 0 Å². The highest BCUT2D eigenvalue weighted by Gasteiger charge is 2.22. The van der Waals surface area contributed by atoms with Crippen LogP contribution in [0.1, 0.15) is 13.8 Å². The Hall–Kier alpha value is -2.53. The number of hydrogen-bond acceptors (Lipinski definition) is 4. The molecule has 0 unspecified atom stereocenters. The summed E-state index contributed by atoms with van der Waals surface area (Å²) in [6.07, 6.45) is 0.479. The average molecular weight is 322 g/mol. The van der Waals surface area contributed by atoms with Crippen LogP contribution >= 0.6 is 0 Å². The van der Waals surface area contributed by atoms with Crippen LogP contribution in [0, 0.1) is 0 Å². The van der Waals surface area contributed by atoms with E-state index in [1.807, 2.05) is 18.2 Å². The van der Waals surface area contributed by atoms with Gasteiger partial charge in [0.25, 0.3) is 0 Å². The van der Waals surface area contributed by atoms with Gasteiger partial charge in [0.05, 0.1) is 17.7 Å². The van der Waals surface area contributed by atoms with E-state index in [1.165, 1.54) is 5.69 Å². The molecule has 0 radical (unpaired) electrons. The van der Waals surface area contributed by atoms with Crippen molar-refractivity contribution in [3.63, 3.8) is 0 Å². The number of nitrogens with two attached hydrogens (primary N) is 1. The number of ether oxygens (including phenoxy) is 1. The van der Waals surface area contributed by atoms with E-state index in [4.69, 9.17) is 10.5 Å². The molecule has 1 aliphatic heterocycles. The van der Waals surface area contributed by atoms with Gasteiger partial charge in [0.1, 0.15) is 5.69 Å². The molecule has 4 rings (SSSR count). The van der Waals surface area contributed by atoms with Crippen molar-refractivity contribution in [2.24, 2.45) is 0 Å². The summed E-state index contributed by atoms with van der Waals surface area (Å²) in [5, 5.41) is 8.64. The normalized spacial score (nSPS) is 21.3. The molecule has 0 amide bonds. The first-order valence-corrected chi connectivity index (χ1v) is 8.34. The molecule has 0 aliphatic carbocycles. The fourth-order valence-electron chi connectivity index (χ4n) is 3.49. The second-order valence-electron chi connectivity index (χ2n) is 6.59. The van der Waals surface area contributed by atoms with Gasteiger partial charge in [-0.2, -0.15) is 5.10 Å². The van der Waals surface area contributed by atoms with Crippen molar-refractivity contribution >= 4 is 22.3 Å². The zero-order valence-electron chi connectivity index (χ0n) is 14.0. The summed E-state index contributed by atoms with van der Waals surface area (Å²) in [5.74, 6) is 0. The SMILES string of the molecule is C[C@@H]1CN(c2cccc(-c3n[nH]c4ccc(N)cc34)c2)C[C@H](C)O1. The summed E-state index contributed by atoms with van der Waals surface area (Å²) >= 11 is 0. The lowest BCUT2D eigenvalue weighted by Crippen LogP contribution is -2.45. The van der Waals surface area contributed by atoms with Crippen molar-refractivity contribution in [2.75, 3.05) is 23.7 Å². The third-order valence-corrected chi connectivity index (χ3v) is 4.49. The Kier molecular flexibility index (Phi) is 3.65. The summed E-state index contributed by atoms with van der Waals surface area (Å²) < 4.78 is 5.84. The Balaban J connectivity index is 1.73. The van der Waals surface area contributed by atoms with E-state index in [0.29, 0.717) is 0 Å². The van der Waals surface area contributed by atoms with Crippen LogP contribution in [0.15, 0.2) is 42.5 Å². The van der Waals surface area contributed by atoms with Gasteiger partial charge in [-0.25, -0.2) is 0 Å². The van der Waals surface area contributed by atoms with Crippen molar-refractivity contribution in [2.45, 2.75) is 26.1 Å². The van der Waals surface area contributed by atoms with E-state index in [1.54, 1.807) is 0 Å². The van der Waals surface area contributed by atoms with E-state index in [-0.39, 0.29) is 12.2 Å². The maximum atomic E-state index is 5.94. The molecule has 3 N–H and O–H groups in total. The Bertz CT molecular complexity index is 863. The Morgan fingerprint density at radius 1 is 1.12 bits per heavy atom. The van der Waals surface area contributed by atoms with Crippen molar-refractivity contribution in [3.8, 4) is 11.3 Å². The number of nitrogens with one attached hydrogen (secondary N) is 1. The van der Waals surface area contributed by atoms with Gasteiger partial charge >= 0.3 is 0 Å². The fourth-order valence-corrected chi connectivity index (χ4v) is 3.49. The van der Waals surface area contributed by atoms with Crippen molar-refractivity contribution in [3.05, 3.63) is 42.5 Å². The summed E-state index contributed by atoms with van der Waals surface area (Å²) in [5.41, 5.74) is 10.9. The van der Waals surface area contributed by atoms with Gasteiger partial charge in [-0.1, -0.05) is 12.1 Å². The molecular formula is C19H22N4O. The van der Waals surface area contributed by atoms with Crippen LogP contribution < -0.4 is 10.6 Å². The zero-order chi connectivity index (χ0) is 16.7. The summed E-state index contributed by atoms with van der Waals surface area (Å²) in [6, 6.07) is 14.4. The molecule has 0 bridgehead atoms. The third-order valence-electron chi connectivity index (χ3n) is 4.49. The zero-order valence-corrected chi connectivity index (χ0v) is 14.0. The smallest absolute Gasteiger partial charge is 0.100 e. The molecule has 5 heteroatoms. The van der Waals surface area contributed by atoms with Crippen molar-refractivity contribution < 1.29 is 4.74 Å². The molecule has 5 nitrogen and oxygen atoms in total. The van der Waals surface area contributed by atoms with Crippen LogP contribution in [-0.4, -0.2) is 35.5 Å². The summed E-state index contributed by atoms with van der Waals surface area (Å²) in [6.45, 7) is 6.05. The molecule has 124 valence electrons. The number of morpholine rings is 1. The Morgan fingerprint density at radius 2 is 1.92 bits per heavy atom. The predicted molar refractivity (Wildman–Crippen MR) is 98.2 cm³/mol. The molecule has 3 aromatic rings. The lowest BCUT2D eigenvalue weighted by atomic mass is 10.1. The highest BCUT2D eigenvalue weighted by atomic mass is 16.5. The molecule has 2 atom stereocenters. The Labute approximate surface area is 141 Å². The van der Waals surface area contributed by atoms with Crippen LogP contribution in [-0.2, 0) is 4.74 Å². The molecule has 1 fully saturated rings. The molecule has 1 saturated heterocycles. The number of hydrogen-bond donors (Lipinski definition) is 2. The minimum absolute atomic E-state index is 0.239. The first kappa shape index (κ1) is 15.0. The van der Waals surface area contributed by atoms with E-state index in [0.717, 1.165) is 40.9 Å². The quantitative estimate of drug-likeness (QED) is 0.709. The van der Waals surface area contributed by atoms with Gasteiger partial charge in [0, 0.05) is 35.4 Å². The molecule has 0 saturated carbocycles. The lowest BCUT2D eigenvalue weighted by molar-refractivity contribution is -0.00521. The molecule has 2 heterocycles. The highest BCUT2D eigenvalue weighted by Crippen LogP contribution is 2.31. The Morgan fingerprint density at radius 3 is 2.71 bits per heavy atom. The molecule has 1 aromatic heterocycles. The van der Waals surface area contributed by atoms with E-state index in [2.05, 4.69) is 53.2 Å². The fraction of sp³-hybridized carbons (Fsp3) is 0.316. The van der Waals surface area contributed by atoms with Crippen molar-refractivity contribution in [1.82, 2.24) is 10.2 Å². The van der Waals surface area contributed by atoms with Gasteiger partial charge < -0.3 is 15.4 Å². The number of fused-ring (bicyclic) bond motifs is 1. The van der Waals surface area contributed by atoms with E-state index < -0.39 is 0 Å². The van der Waals surface area contributed by atoms with Crippen LogP contribution in [0.5, 0.6) is 0 Å². The maximum absolute atomic E-state index is 5.94. The largest absolute Gasteiger partial charge is 0.399 e. The number of aromatic nitrogens is 2. The van der Waals surface area contributed by atoms with Gasteiger partial charge in [-0.15, -0.1) is 0 Å². The number of benzene rings is 2. The minimum atomic E-state index is 0.239. The minimum Gasteiger partial charge on any atom is -0.399 e. The number of aromatic amines is 1. The second-order valence-corrected chi connectivity index (χ2v) is 6.59. The van der Waals surface area contributed by atoms with Gasteiger partial charge in [-0.3, -0.25) is 5.10 Å². The summed E-state index contributed by atoms with van der Waals surface area (Å²) in [7, 11) is 0. The van der Waals surface area contributed by atoms with E-state index >= 15 is 0 Å². The molecule has 2 aromatic carbocycles. The first-order valence-electron chi connectivity index (χ1n) is 8.34. The second kappa shape index (κ2) is 5.83. The van der Waals surface area contributed by atoms with Gasteiger partial charge in [0.15, 0.2) is 0 Å². The summed E-state index contributed by atoms with van der Waals surface area (Å²) in [4.78, 5) is 2.38. The highest BCUT2D eigenvalue weighted by molar-refractivity contribution is 5.95. The number of nitrogens with zero attached hydrogens (tertiary/aromatic N) is 2. The number of anilines is 2.